The van der Waals surface area contributed by atoms with Gasteiger partial charge in [-0.25, -0.2) is 4.98 Å². The molecule has 11 rings (SSSR count). The number of benzene rings is 6. The van der Waals surface area contributed by atoms with E-state index in [1.165, 1.54) is 71.7 Å². The minimum absolute atomic E-state index is 0.859. The number of rotatable bonds is 4. The van der Waals surface area contributed by atoms with Crippen LogP contribution in [0.1, 0.15) is 0 Å². The van der Waals surface area contributed by atoms with Crippen LogP contribution in [0.3, 0.4) is 0 Å². The van der Waals surface area contributed by atoms with Crippen LogP contribution in [0, 0.1) is 0 Å². The van der Waals surface area contributed by atoms with Crippen molar-refractivity contribution in [2.75, 3.05) is 0 Å². The average Bonchev–Trinajstić information content (AvgIpc) is 3.85. The van der Waals surface area contributed by atoms with Crippen molar-refractivity contribution in [3.8, 4) is 84.1 Å². The molecule has 226 valence electrons. The highest BCUT2D eigenvalue weighted by Gasteiger charge is 2.26. The van der Waals surface area contributed by atoms with Gasteiger partial charge in [0.15, 0.2) is 0 Å². The molecule has 3 heteroatoms. The molecular formula is C46H27N3. The lowest BCUT2D eigenvalue weighted by Crippen LogP contribution is -1.98. The molecule has 0 N–H and O–H groups in total. The summed E-state index contributed by atoms with van der Waals surface area (Å²) in [6.45, 7) is 0. The van der Waals surface area contributed by atoms with Gasteiger partial charge in [0.2, 0.25) is 0 Å². The molecule has 0 aliphatic heterocycles. The molecule has 0 amide bonds. The van der Waals surface area contributed by atoms with Crippen molar-refractivity contribution in [2.24, 2.45) is 0 Å². The number of fused-ring (bicyclic) bond motifs is 6. The summed E-state index contributed by atoms with van der Waals surface area (Å²) in [7, 11) is 0. The predicted molar refractivity (Wildman–Crippen MR) is 202 cm³/mol. The maximum atomic E-state index is 5.15. The lowest BCUT2D eigenvalue weighted by atomic mass is 9.95. The van der Waals surface area contributed by atoms with Crippen LogP contribution in [-0.4, -0.2) is 14.5 Å². The summed E-state index contributed by atoms with van der Waals surface area (Å²) >= 11 is 0. The van der Waals surface area contributed by atoms with Crippen molar-refractivity contribution in [1.29, 1.82) is 0 Å². The highest BCUT2D eigenvalue weighted by molar-refractivity contribution is 6.16. The number of nitrogens with zero attached hydrogens (tertiary/aromatic N) is 3. The lowest BCUT2D eigenvalue weighted by Gasteiger charge is -2.15. The van der Waals surface area contributed by atoms with Crippen molar-refractivity contribution < 1.29 is 0 Å². The molecule has 0 unspecified atom stereocenters. The molecule has 2 aliphatic rings. The number of hydrogen-bond donors (Lipinski definition) is 0. The Kier molecular flexibility index (Phi) is 5.38. The molecule has 0 saturated carbocycles. The van der Waals surface area contributed by atoms with Crippen molar-refractivity contribution >= 4 is 21.5 Å². The van der Waals surface area contributed by atoms with Crippen molar-refractivity contribution in [3.05, 3.63) is 164 Å². The maximum Gasteiger partial charge on any atom is 0.0893 e. The van der Waals surface area contributed by atoms with Gasteiger partial charge in [0.05, 0.1) is 22.8 Å². The minimum atomic E-state index is 0.859. The summed E-state index contributed by atoms with van der Waals surface area (Å²) in [6, 6.07) is 54.9. The van der Waals surface area contributed by atoms with E-state index in [2.05, 4.69) is 143 Å². The van der Waals surface area contributed by atoms with Crippen LogP contribution in [0.2, 0.25) is 0 Å². The SMILES string of the molecule is c1ccc(-c2cccc(-c3cc(-c4ccc5c(c4)-c4cccc6cccc-5c46)cc(-n4ccc5c4-c4cccc6cccc-5c46)c3)n2)nc1. The summed E-state index contributed by atoms with van der Waals surface area (Å²) in [5.74, 6) is 0. The van der Waals surface area contributed by atoms with Gasteiger partial charge in [0, 0.05) is 34.8 Å². The van der Waals surface area contributed by atoms with Crippen LogP contribution in [0.5, 0.6) is 0 Å². The van der Waals surface area contributed by atoms with E-state index in [9.17, 15) is 0 Å². The zero-order chi connectivity index (χ0) is 32.1. The van der Waals surface area contributed by atoms with E-state index in [1.807, 2.05) is 30.5 Å². The van der Waals surface area contributed by atoms with E-state index < -0.39 is 0 Å². The van der Waals surface area contributed by atoms with E-state index in [0.29, 0.717) is 0 Å². The molecule has 0 bridgehead atoms. The van der Waals surface area contributed by atoms with Crippen molar-refractivity contribution in [3.63, 3.8) is 0 Å². The topological polar surface area (TPSA) is 30.7 Å². The van der Waals surface area contributed by atoms with E-state index in [1.54, 1.807) is 0 Å². The summed E-state index contributed by atoms with van der Waals surface area (Å²) < 4.78 is 2.36. The van der Waals surface area contributed by atoms with Crippen molar-refractivity contribution in [1.82, 2.24) is 14.5 Å². The molecule has 3 nitrogen and oxygen atoms in total. The fraction of sp³-hybridized carbons (Fsp3) is 0. The van der Waals surface area contributed by atoms with Gasteiger partial charge in [-0.3, -0.25) is 4.98 Å². The first-order valence-electron chi connectivity index (χ1n) is 16.7. The third-order valence-corrected chi connectivity index (χ3v) is 10.3. The molecule has 0 spiro atoms. The van der Waals surface area contributed by atoms with E-state index >= 15 is 0 Å². The molecule has 3 heterocycles. The molecular weight excluding hydrogens is 595 g/mol. The average molecular weight is 622 g/mol. The first-order valence-corrected chi connectivity index (χ1v) is 16.7. The lowest BCUT2D eigenvalue weighted by molar-refractivity contribution is 1.09. The summed E-state index contributed by atoms with van der Waals surface area (Å²) in [5.41, 5.74) is 17.4. The largest absolute Gasteiger partial charge is 0.316 e. The first kappa shape index (κ1) is 26.5. The minimum Gasteiger partial charge on any atom is -0.316 e. The third kappa shape index (κ3) is 3.84. The smallest absolute Gasteiger partial charge is 0.0893 e. The Bertz CT molecular complexity index is 2810. The highest BCUT2D eigenvalue weighted by Crippen LogP contribution is 2.50. The Hall–Kier alpha value is -6.58. The molecule has 0 radical (unpaired) electrons. The molecule has 9 aromatic rings. The monoisotopic (exact) mass is 621 g/mol. The van der Waals surface area contributed by atoms with Crippen LogP contribution in [0.15, 0.2) is 164 Å². The van der Waals surface area contributed by atoms with E-state index in [-0.39, 0.29) is 0 Å². The first-order chi connectivity index (χ1) is 24.3. The van der Waals surface area contributed by atoms with Gasteiger partial charge in [-0.2, -0.15) is 0 Å². The number of aromatic nitrogens is 3. The van der Waals surface area contributed by atoms with Crippen LogP contribution < -0.4 is 0 Å². The fourth-order valence-electron chi connectivity index (χ4n) is 8.19. The van der Waals surface area contributed by atoms with Gasteiger partial charge in [0.25, 0.3) is 0 Å². The molecule has 2 aliphatic carbocycles. The predicted octanol–water partition coefficient (Wildman–Crippen LogP) is 11.9. The second-order valence-corrected chi connectivity index (χ2v) is 13.0. The van der Waals surface area contributed by atoms with Gasteiger partial charge in [-0.1, -0.05) is 97.1 Å². The fourth-order valence-corrected chi connectivity index (χ4v) is 8.19. The Morgan fingerprint density at radius 2 is 1.04 bits per heavy atom. The van der Waals surface area contributed by atoms with Crippen LogP contribution >= 0.6 is 0 Å². The second-order valence-electron chi connectivity index (χ2n) is 13.0. The molecule has 0 saturated heterocycles. The van der Waals surface area contributed by atoms with Crippen molar-refractivity contribution in [2.45, 2.75) is 0 Å². The normalized spacial score (nSPS) is 12.1. The Morgan fingerprint density at radius 3 is 1.82 bits per heavy atom. The standard InChI is InChI=1S/C46H27N3/c1-2-22-47-42(16-1)43-18-7-17-41(48-43)32-24-31(30-19-20-34-35-12-3-8-28-9-5-14-37(44(28)35)40(34)27-30)25-33(26-32)49-23-21-38-36-13-4-10-29-11-6-15-39(45(29)36)46(38)49/h1-27H. The van der Waals surface area contributed by atoms with Crippen LogP contribution in [0.4, 0.5) is 0 Å². The molecule has 49 heavy (non-hydrogen) atoms. The Labute approximate surface area is 283 Å². The number of hydrogen-bond acceptors (Lipinski definition) is 2. The molecule has 0 fully saturated rings. The highest BCUT2D eigenvalue weighted by atomic mass is 15.0. The van der Waals surface area contributed by atoms with Crippen LogP contribution in [0.25, 0.3) is 106 Å². The van der Waals surface area contributed by atoms with Gasteiger partial charge in [-0.05, 0) is 115 Å². The zero-order valence-electron chi connectivity index (χ0n) is 26.4. The van der Waals surface area contributed by atoms with Gasteiger partial charge < -0.3 is 4.57 Å². The summed E-state index contributed by atoms with van der Waals surface area (Å²) in [5, 5.41) is 5.24. The van der Waals surface area contributed by atoms with E-state index in [4.69, 9.17) is 4.98 Å². The van der Waals surface area contributed by atoms with Crippen LogP contribution in [-0.2, 0) is 0 Å². The number of pyridine rings is 2. The molecule has 0 atom stereocenters. The zero-order valence-corrected chi connectivity index (χ0v) is 26.4. The third-order valence-electron chi connectivity index (χ3n) is 10.3. The molecule has 6 aromatic carbocycles. The quantitative estimate of drug-likeness (QED) is 0.196. The summed E-state index contributed by atoms with van der Waals surface area (Å²) in [4.78, 5) is 9.73. The van der Waals surface area contributed by atoms with Gasteiger partial charge in [-0.15, -0.1) is 0 Å². The second kappa shape index (κ2) is 9.96. The maximum absolute atomic E-state index is 5.15. The van der Waals surface area contributed by atoms with E-state index in [0.717, 1.165) is 33.9 Å². The van der Waals surface area contributed by atoms with Gasteiger partial charge >= 0.3 is 0 Å². The Morgan fingerprint density at radius 1 is 0.388 bits per heavy atom. The Balaban J connectivity index is 1.13. The summed E-state index contributed by atoms with van der Waals surface area (Å²) in [6.07, 6.45) is 4.04. The molecule has 3 aromatic heterocycles. The van der Waals surface area contributed by atoms with Gasteiger partial charge in [0.1, 0.15) is 0 Å².